The monoisotopic (exact) mass is 255 g/mol. The molecule has 1 aromatic rings. The second-order valence-electron chi connectivity index (χ2n) is 4.31. The first-order valence-electron chi connectivity index (χ1n) is 6.13. The number of hydrogen-bond acceptors (Lipinski definition) is 4. The summed E-state index contributed by atoms with van der Waals surface area (Å²) in [6.07, 6.45) is 6.62. The highest BCUT2D eigenvalue weighted by molar-refractivity contribution is 6.28. The Morgan fingerprint density at radius 2 is 2.41 bits per heavy atom. The van der Waals surface area contributed by atoms with E-state index >= 15 is 0 Å². The van der Waals surface area contributed by atoms with Crippen molar-refractivity contribution in [1.82, 2.24) is 15.3 Å². The SMILES string of the molecule is Clc1nccc(COCC[C@@H]2CCCCN2)n1. The zero-order valence-corrected chi connectivity index (χ0v) is 10.6. The quantitative estimate of drug-likeness (QED) is 0.647. The van der Waals surface area contributed by atoms with Crippen LogP contribution in [0.5, 0.6) is 0 Å². The number of nitrogens with zero attached hydrogens (tertiary/aromatic N) is 2. The Morgan fingerprint density at radius 1 is 1.47 bits per heavy atom. The van der Waals surface area contributed by atoms with E-state index in [1.807, 2.05) is 6.07 Å². The van der Waals surface area contributed by atoms with Crippen molar-refractivity contribution in [3.8, 4) is 0 Å². The molecular formula is C12H18ClN3O. The van der Waals surface area contributed by atoms with Gasteiger partial charge < -0.3 is 10.1 Å². The molecule has 0 saturated carbocycles. The Bertz CT molecular complexity index is 342. The van der Waals surface area contributed by atoms with Crippen LogP contribution < -0.4 is 5.32 Å². The molecule has 1 aliphatic rings. The topological polar surface area (TPSA) is 47.0 Å². The lowest BCUT2D eigenvalue weighted by Crippen LogP contribution is -2.34. The molecule has 2 heterocycles. The van der Waals surface area contributed by atoms with Gasteiger partial charge in [0.15, 0.2) is 0 Å². The van der Waals surface area contributed by atoms with Gasteiger partial charge in [0, 0.05) is 18.8 Å². The van der Waals surface area contributed by atoms with Crippen LogP contribution in [-0.2, 0) is 11.3 Å². The summed E-state index contributed by atoms with van der Waals surface area (Å²) in [5.41, 5.74) is 0.835. The maximum absolute atomic E-state index is 5.69. The van der Waals surface area contributed by atoms with Gasteiger partial charge in [-0.25, -0.2) is 9.97 Å². The normalized spacial score (nSPS) is 20.4. The Morgan fingerprint density at radius 3 is 3.18 bits per heavy atom. The molecule has 94 valence electrons. The predicted molar refractivity (Wildman–Crippen MR) is 67.0 cm³/mol. The van der Waals surface area contributed by atoms with E-state index < -0.39 is 0 Å². The van der Waals surface area contributed by atoms with E-state index in [2.05, 4.69) is 15.3 Å². The average molecular weight is 256 g/mol. The van der Waals surface area contributed by atoms with Gasteiger partial charge in [-0.2, -0.15) is 0 Å². The Labute approximate surface area is 107 Å². The van der Waals surface area contributed by atoms with Crippen molar-refractivity contribution in [3.63, 3.8) is 0 Å². The second-order valence-corrected chi connectivity index (χ2v) is 4.64. The van der Waals surface area contributed by atoms with Crippen molar-refractivity contribution in [3.05, 3.63) is 23.2 Å². The average Bonchev–Trinajstić information content (AvgIpc) is 2.36. The third-order valence-electron chi connectivity index (χ3n) is 2.96. The van der Waals surface area contributed by atoms with Crippen LogP contribution in [0.25, 0.3) is 0 Å². The van der Waals surface area contributed by atoms with E-state index in [1.54, 1.807) is 6.20 Å². The minimum atomic E-state index is 0.278. The maximum atomic E-state index is 5.69. The van der Waals surface area contributed by atoms with Gasteiger partial charge in [-0.15, -0.1) is 0 Å². The molecule has 4 nitrogen and oxygen atoms in total. The maximum Gasteiger partial charge on any atom is 0.222 e. The molecule has 0 radical (unpaired) electrons. The number of nitrogens with one attached hydrogen (secondary N) is 1. The smallest absolute Gasteiger partial charge is 0.222 e. The first kappa shape index (κ1) is 12.7. The molecule has 1 fully saturated rings. The Balaban J connectivity index is 1.62. The minimum absolute atomic E-state index is 0.278. The van der Waals surface area contributed by atoms with Gasteiger partial charge >= 0.3 is 0 Å². The molecule has 17 heavy (non-hydrogen) atoms. The number of ether oxygens (including phenoxy) is 1. The van der Waals surface area contributed by atoms with Gasteiger partial charge in [-0.1, -0.05) is 6.42 Å². The Kier molecular flexibility index (Phi) is 5.16. The van der Waals surface area contributed by atoms with Crippen LogP contribution >= 0.6 is 11.6 Å². The van der Waals surface area contributed by atoms with Crippen molar-refractivity contribution >= 4 is 11.6 Å². The zero-order valence-electron chi connectivity index (χ0n) is 9.86. The largest absolute Gasteiger partial charge is 0.375 e. The number of piperidine rings is 1. The van der Waals surface area contributed by atoms with Gasteiger partial charge in [0.2, 0.25) is 5.28 Å². The summed E-state index contributed by atoms with van der Waals surface area (Å²) in [4.78, 5) is 7.90. The lowest BCUT2D eigenvalue weighted by Gasteiger charge is -2.23. The van der Waals surface area contributed by atoms with Crippen molar-refractivity contribution in [2.75, 3.05) is 13.2 Å². The molecule has 1 N–H and O–H groups in total. The molecule has 0 aromatic carbocycles. The van der Waals surface area contributed by atoms with E-state index in [0.717, 1.165) is 25.3 Å². The van der Waals surface area contributed by atoms with Crippen molar-refractivity contribution in [1.29, 1.82) is 0 Å². The Hall–Kier alpha value is -0.710. The van der Waals surface area contributed by atoms with Crippen molar-refractivity contribution in [2.45, 2.75) is 38.3 Å². The van der Waals surface area contributed by atoms with Crippen LogP contribution in [0.15, 0.2) is 12.3 Å². The fourth-order valence-electron chi connectivity index (χ4n) is 2.02. The molecule has 1 saturated heterocycles. The highest BCUT2D eigenvalue weighted by Crippen LogP contribution is 2.10. The number of rotatable bonds is 5. The summed E-state index contributed by atoms with van der Waals surface area (Å²) < 4.78 is 5.59. The molecular weight excluding hydrogens is 238 g/mol. The third-order valence-corrected chi connectivity index (χ3v) is 3.14. The van der Waals surface area contributed by atoms with Crippen LogP contribution in [0.4, 0.5) is 0 Å². The molecule has 1 aromatic heterocycles. The first-order chi connectivity index (χ1) is 8.34. The third kappa shape index (κ3) is 4.58. The molecule has 1 atom stereocenters. The fourth-order valence-corrected chi connectivity index (χ4v) is 2.19. The number of halogens is 1. The molecule has 0 spiro atoms. The molecule has 1 aliphatic heterocycles. The minimum Gasteiger partial charge on any atom is -0.375 e. The van der Waals surface area contributed by atoms with Gasteiger partial charge in [0.05, 0.1) is 12.3 Å². The van der Waals surface area contributed by atoms with Gasteiger partial charge in [0.1, 0.15) is 0 Å². The van der Waals surface area contributed by atoms with Crippen LogP contribution in [-0.4, -0.2) is 29.2 Å². The van der Waals surface area contributed by atoms with E-state index in [-0.39, 0.29) is 5.28 Å². The standard InChI is InChI=1S/C12H18ClN3O/c13-12-15-7-4-11(16-12)9-17-8-5-10-3-1-2-6-14-10/h4,7,10,14H,1-3,5-6,8-9H2/t10-/m0/s1. The van der Waals surface area contributed by atoms with E-state index in [4.69, 9.17) is 16.3 Å². The summed E-state index contributed by atoms with van der Waals surface area (Å²) in [5.74, 6) is 0. The van der Waals surface area contributed by atoms with E-state index in [0.29, 0.717) is 12.6 Å². The van der Waals surface area contributed by atoms with Crippen molar-refractivity contribution in [2.24, 2.45) is 0 Å². The molecule has 0 bridgehead atoms. The van der Waals surface area contributed by atoms with Gasteiger partial charge in [0.25, 0.3) is 0 Å². The van der Waals surface area contributed by atoms with E-state index in [9.17, 15) is 0 Å². The molecule has 2 rings (SSSR count). The summed E-state index contributed by atoms with van der Waals surface area (Å²) in [7, 11) is 0. The molecule has 5 heteroatoms. The van der Waals surface area contributed by atoms with Gasteiger partial charge in [-0.3, -0.25) is 0 Å². The lowest BCUT2D eigenvalue weighted by atomic mass is 10.0. The second kappa shape index (κ2) is 6.89. The summed E-state index contributed by atoms with van der Waals surface area (Å²) in [5, 5.41) is 3.78. The van der Waals surface area contributed by atoms with Crippen LogP contribution in [0.2, 0.25) is 5.28 Å². The fraction of sp³-hybridized carbons (Fsp3) is 0.667. The summed E-state index contributed by atoms with van der Waals surface area (Å²) in [6, 6.07) is 2.45. The first-order valence-corrected chi connectivity index (χ1v) is 6.51. The summed E-state index contributed by atoms with van der Waals surface area (Å²) in [6.45, 7) is 2.42. The van der Waals surface area contributed by atoms with Gasteiger partial charge in [-0.05, 0) is 43.5 Å². The highest BCUT2D eigenvalue weighted by atomic mass is 35.5. The molecule has 0 unspecified atom stereocenters. The van der Waals surface area contributed by atoms with E-state index in [1.165, 1.54) is 19.3 Å². The molecule has 0 amide bonds. The van der Waals surface area contributed by atoms with Crippen molar-refractivity contribution < 1.29 is 4.74 Å². The lowest BCUT2D eigenvalue weighted by molar-refractivity contribution is 0.106. The highest BCUT2D eigenvalue weighted by Gasteiger charge is 2.11. The number of hydrogen-bond donors (Lipinski definition) is 1. The van der Waals surface area contributed by atoms with Crippen LogP contribution in [0.3, 0.4) is 0 Å². The van der Waals surface area contributed by atoms with Crippen LogP contribution in [0.1, 0.15) is 31.4 Å². The summed E-state index contributed by atoms with van der Waals surface area (Å²) >= 11 is 5.69. The zero-order chi connectivity index (χ0) is 11.9. The molecule has 0 aliphatic carbocycles. The predicted octanol–water partition coefficient (Wildman–Crippen LogP) is 2.18. The number of aromatic nitrogens is 2. The van der Waals surface area contributed by atoms with Crippen LogP contribution in [0, 0.1) is 0 Å².